The Bertz CT molecular complexity index is 452. The van der Waals surface area contributed by atoms with Crippen LogP contribution in [0, 0.1) is 0 Å². The number of carbonyl (C=O) groups excluding carboxylic acids is 1. The van der Waals surface area contributed by atoms with E-state index in [1.165, 1.54) is 11.8 Å². The number of hydrogen-bond donors (Lipinski definition) is 1. The van der Waals surface area contributed by atoms with E-state index in [0.29, 0.717) is 12.2 Å². The molecule has 1 heterocycles. The Morgan fingerprint density at radius 1 is 1.24 bits per heavy atom. The third-order valence-electron chi connectivity index (χ3n) is 2.42. The van der Waals surface area contributed by atoms with Crippen LogP contribution in [0.5, 0.6) is 0 Å². The summed E-state index contributed by atoms with van der Waals surface area (Å²) >= 11 is 0. The minimum Gasteiger partial charge on any atom is -0.363 e. The van der Waals surface area contributed by atoms with Crippen LogP contribution in [0.3, 0.4) is 0 Å². The van der Waals surface area contributed by atoms with Crippen molar-refractivity contribution in [3.8, 4) is 0 Å². The summed E-state index contributed by atoms with van der Waals surface area (Å²) in [6.45, 7) is 0. The van der Waals surface area contributed by atoms with Crippen molar-refractivity contribution >= 4 is 11.7 Å². The molecule has 4 nitrogen and oxygen atoms in total. The highest BCUT2D eigenvalue weighted by Crippen LogP contribution is 2.06. The summed E-state index contributed by atoms with van der Waals surface area (Å²) < 4.78 is 4.62. The summed E-state index contributed by atoms with van der Waals surface area (Å²) in [5, 5.41) is 6.28. The van der Waals surface area contributed by atoms with E-state index in [9.17, 15) is 4.79 Å². The van der Waals surface area contributed by atoms with Gasteiger partial charge in [0.2, 0.25) is 5.91 Å². The summed E-state index contributed by atoms with van der Waals surface area (Å²) in [7, 11) is 0. The van der Waals surface area contributed by atoms with Gasteiger partial charge in [0.25, 0.3) is 0 Å². The van der Waals surface area contributed by atoms with Gasteiger partial charge in [0, 0.05) is 12.5 Å². The van der Waals surface area contributed by atoms with Crippen molar-refractivity contribution in [1.82, 2.24) is 5.16 Å². The van der Waals surface area contributed by atoms with Gasteiger partial charge >= 0.3 is 0 Å². The lowest BCUT2D eigenvalue weighted by Crippen LogP contribution is -2.11. The second-order valence-electron chi connectivity index (χ2n) is 3.77. The van der Waals surface area contributed by atoms with E-state index in [1.807, 2.05) is 18.2 Å². The van der Waals surface area contributed by atoms with E-state index < -0.39 is 0 Å². The SMILES string of the molecule is O=C(CCCc1ccccc1)Nc1ccon1. The molecule has 0 aliphatic heterocycles. The highest BCUT2D eigenvalue weighted by Gasteiger charge is 2.04. The highest BCUT2D eigenvalue weighted by atomic mass is 16.5. The topological polar surface area (TPSA) is 55.1 Å². The first-order chi connectivity index (χ1) is 8.34. The number of benzene rings is 1. The quantitative estimate of drug-likeness (QED) is 0.859. The Hall–Kier alpha value is -2.10. The number of nitrogens with zero attached hydrogens (tertiary/aromatic N) is 1. The zero-order valence-corrected chi connectivity index (χ0v) is 9.43. The van der Waals surface area contributed by atoms with Crippen molar-refractivity contribution in [1.29, 1.82) is 0 Å². The first-order valence-corrected chi connectivity index (χ1v) is 5.59. The largest absolute Gasteiger partial charge is 0.363 e. The fraction of sp³-hybridized carbons (Fsp3) is 0.231. The number of amides is 1. The molecule has 0 saturated carbocycles. The van der Waals surface area contributed by atoms with Crippen LogP contribution < -0.4 is 5.32 Å². The Kier molecular flexibility index (Phi) is 3.91. The van der Waals surface area contributed by atoms with Crippen LogP contribution in [0.4, 0.5) is 5.82 Å². The third kappa shape index (κ3) is 3.75. The lowest BCUT2D eigenvalue weighted by molar-refractivity contribution is -0.116. The molecule has 1 aromatic carbocycles. The molecule has 0 aliphatic carbocycles. The zero-order valence-electron chi connectivity index (χ0n) is 9.43. The minimum absolute atomic E-state index is 0.0326. The van der Waals surface area contributed by atoms with Crippen LogP contribution in [-0.4, -0.2) is 11.1 Å². The molecule has 0 bridgehead atoms. The molecule has 0 unspecified atom stereocenters. The Morgan fingerprint density at radius 2 is 2.06 bits per heavy atom. The van der Waals surface area contributed by atoms with Crippen molar-refractivity contribution in [3.05, 3.63) is 48.2 Å². The molecule has 0 spiro atoms. The molecule has 1 N–H and O–H groups in total. The molecule has 0 fully saturated rings. The van der Waals surface area contributed by atoms with Gasteiger partial charge in [0.1, 0.15) is 6.26 Å². The van der Waals surface area contributed by atoms with E-state index in [2.05, 4.69) is 27.1 Å². The van der Waals surface area contributed by atoms with Crippen LogP contribution in [-0.2, 0) is 11.2 Å². The van der Waals surface area contributed by atoms with Gasteiger partial charge < -0.3 is 9.84 Å². The minimum atomic E-state index is -0.0326. The van der Waals surface area contributed by atoms with E-state index >= 15 is 0 Å². The molecule has 1 amide bonds. The zero-order chi connectivity index (χ0) is 11.9. The van der Waals surface area contributed by atoms with Gasteiger partial charge in [0.15, 0.2) is 5.82 Å². The first-order valence-electron chi connectivity index (χ1n) is 5.59. The van der Waals surface area contributed by atoms with Crippen molar-refractivity contribution < 1.29 is 9.32 Å². The summed E-state index contributed by atoms with van der Waals surface area (Å²) in [4.78, 5) is 11.5. The summed E-state index contributed by atoms with van der Waals surface area (Å²) in [6.07, 6.45) is 3.65. The van der Waals surface area contributed by atoms with E-state index in [1.54, 1.807) is 6.07 Å². The maximum absolute atomic E-state index is 11.5. The lowest BCUT2D eigenvalue weighted by atomic mass is 10.1. The van der Waals surface area contributed by atoms with Gasteiger partial charge in [-0.3, -0.25) is 4.79 Å². The highest BCUT2D eigenvalue weighted by molar-refractivity contribution is 5.89. The van der Waals surface area contributed by atoms with Crippen molar-refractivity contribution in [2.24, 2.45) is 0 Å². The molecular weight excluding hydrogens is 216 g/mol. The average molecular weight is 230 g/mol. The number of hydrogen-bond acceptors (Lipinski definition) is 3. The number of aromatic nitrogens is 1. The van der Waals surface area contributed by atoms with Crippen LogP contribution in [0.2, 0.25) is 0 Å². The van der Waals surface area contributed by atoms with Gasteiger partial charge in [0.05, 0.1) is 0 Å². The van der Waals surface area contributed by atoms with Gasteiger partial charge in [-0.2, -0.15) is 0 Å². The molecule has 1 aromatic heterocycles. The fourth-order valence-corrected chi connectivity index (χ4v) is 1.58. The maximum atomic E-state index is 11.5. The Morgan fingerprint density at radius 3 is 2.76 bits per heavy atom. The van der Waals surface area contributed by atoms with Gasteiger partial charge in [-0.05, 0) is 18.4 Å². The summed E-state index contributed by atoms with van der Waals surface area (Å²) in [5.41, 5.74) is 1.25. The smallest absolute Gasteiger partial charge is 0.225 e. The van der Waals surface area contributed by atoms with Crippen LogP contribution in [0.15, 0.2) is 47.2 Å². The predicted molar refractivity (Wildman–Crippen MR) is 64.5 cm³/mol. The molecular formula is C13H14N2O2. The standard InChI is InChI=1S/C13H14N2O2/c16-13(14-12-9-10-17-15-12)8-4-7-11-5-2-1-3-6-11/h1-3,5-6,9-10H,4,7-8H2,(H,14,15,16). The summed E-state index contributed by atoms with van der Waals surface area (Å²) in [6, 6.07) is 11.7. The molecule has 2 aromatic rings. The molecule has 2 rings (SSSR count). The fourth-order valence-electron chi connectivity index (χ4n) is 1.58. The molecule has 88 valence electrons. The molecule has 17 heavy (non-hydrogen) atoms. The number of anilines is 1. The van der Waals surface area contributed by atoms with E-state index in [4.69, 9.17) is 0 Å². The number of carbonyl (C=O) groups is 1. The van der Waals surface area contributed by atoms with E-state index in [0.717, 1.165) is 12.8 Å². The summed E-state index contributed by atoms with van der Waals surface area (Å²) in [5.74, 6) is 0.435. The molecule has 0 aliphatic rings. The number of rotatable bonds is 5. The Labute approximate surface area is 99.6 Å². The molecule has 0 atom stereocenters. The second-order valence-corrected chi connectivity index (χ2v) is 3.77. The monoisotopic (exact) mass is 230 g/mol. The van der Waals surface area contributed by atoms with Crippen molar-refractivity contribution in [3.63, 3.8) is 0 Å². The average Bonchev–Trinajstić information content (AvgIpc) is 2.83. The predicted octanol–water partition coefficient (Wildman–Crippen LogP) is 2.64. The normalized spacial score (nSPS) is 10.1. The first kappa shape index (κ1) is 11.4. The lowest BCUT2D eigenvalue weighted by Gasteiger charge is -2.01. The molecule has 0 saturated heterocycles. The van der Waals surface area contributed by atoms with E-state index in [-0.39, 0.29) is 5.91 Å². The van der Waals surface area contributed by atoms with Gasteiger partial charge in [-0.15, -0.1) is 0 Å². The number of aryl methyl sites for hydroxylation is 1. The second kappa shape index (κ2) is 5.84. The van der Waals surface area contributed by atoms with Gasteiger partial charge in [-0.1, -0.05) is 35.5 Å². The van der Waals surface area contributed by atoms with Crippen molar-refractivity contribution in [2.75, 3.05) is 5.32 Å². The van der Waals surface area contributed by atoms with Crippen LogP contribution >= 0.6 is 0 Å². The molecule has 4 heteroatoms. The van der Waals surface area contributed by atoms with Gasteiger partial charge in [-0.25, -0.2) is 0 Å². The Balaban J connectivity index is 1.70. The third-order valence-corrected chi connectivity index (χ3v) is 2.42. The number of nitrogens with one attached hydrogen (secondary N) is 1. The van der Waals surface area contributed by atoms with Crippen molar-refractivity contribution in [2.45, 2.75) is 19.3 Å². The van der Waals surface area contributed by atoms with Crippen LogP contribution in [0.1, 0.15) is 18.4 Å². The molecule has 0 radical (unpaired) electrons. The maximum Gasteiger partial charge on any atom is 0.225 e. The van der Waals surface area contributed by atoms with Crippen LogP contribution in [0.25, 0.3) is 0 Å².